The van der Waals surface area contributed by atoms with Gasteiger partial charge in [0.15, 0.2) is 0 Å². The van der Waals surface area contributed by atoms with Crippen LogP contribution in [0.1, 0.15) is 21.6 Å². The van der Waals surface area contributed by atoms with Crippen molar-refractivity contribution in [1.82, 2.24) is 10.5 Å². The molecule has 0 saturated heterocycles. The summed E-state index contributed by atoms with van der Waals surface area (Å²) in [5.74, 6) is -0.539. The average Bonchev–Trinajstić information content (AvgIpc) is 2.91. The van der Waals surface area contributed by atoms with Crippen molar-refractivity contribution in [3.63, 3.8) is 0 Å². The van der Waals surface area contributed by atoms with Crippen LogP contribution in [0.3, 0.4) is 0 Å². The molecule has 3 aromatic rings. The molecular formula is C16H12Cl2N2O2. The topological polar surface area (TPSA) is 65.1 Å². The molecule has 0 aliphatic heterocycles. The van der Waals surface area contributed by atoms with Gasteiger partial charge in [0.2, 0.25) is 0 Å². The Kier molecular flexibility index (Phi) is 4.07. The third kappa shape index (κ3) is 2.95. The Morgan fingerprint density at radius 3 is 2.64 bits per heavy atom. The van der Waals surface area contributed by atoms with Crippen LogP contribution < -0.4 is 5.48 Å². The van der Waals surface area contributed by atoms with Crippen LogP contribution in [0.2, 0.25) is 10.0 Å². The zero-order chi connectivity index (χ0) is 15.7. The molecule has 1 aromatic heterocycles. The monoisotopic (exact) mass is 334 g/mol. The van der Waals surface area contributed by atoms with Gasteiger partial charge in [-0.2, -0.15) is 0 Å². The molecular weight excluding hydrogens is 323 g/mol. The highest BCUT2D eigenvalue weighted by atomic mass is 35.5. The molecule has 0 spiro atoms. The second kappa shape index (κ2) is 6.01. The van der Waals surface area contributed by atoms with E-state index in [9.17, 15) is 4.79 Å². The Balaban J connectivity index is 1.91. The number of aromatic nitrogens is 1. The SMILES string of the molecule is O=C(NO)c1ccc2cc(Cc3ccc(Cl)c(Cl)c3)[nH]c2c1. The van der Waals surface area contributed by atoms with Gasteiger partial charge in [0.25, 0.3) is 5.91 Å². The van der Waals surface area contributed by atoms with E-state index in [1.165, 1.54) is 0 Å². The van der Waals surface area contributed by atoms with E-state index in [0.717, 1.165) is 22.2 Å². The molecule has 0 radical (unpaired) electrons. The highest BCUT2D eigenvalue weighted by Crippen LogP contribution is 2.25. The summed E-state index contributed by atoms with van der Waals surface area (Å²) in [5.41, 5.74) is 4.87. The van der Waals surface area contributed by atoms with Gasteiger partial charge in [0.1, 0.15) is 0 Å². The first-order valence-electron chi connectivity index (χ1n) is 6.57. The molecule has 0 unspecified atom stereocenters. The number of H-pyrrole nitrogens is 1. The van der Waals surface area contributed by atoms with Crippen molar-refractivity contribution in [1.29, 1.82) is 0 Å². The number of nitrogens with one attached hydrogen (secondary N) is 2. The lowest BCUT2D eigenvalue weighted by atomic mass is 10.1. The van der Waals surface area contributed by atoms with Crippen LogP contribution in [-0.4, -0.2) is 16.1 Å². The molecule has 0 bridgehead atoms. The fourth-order valence-electron chi connectivity index (χ4n) is 2.36. The van der Waals surface area contributed by atoms with Gasteiger partial charge >= 0.3 is 0 Å². The summed E-state index contributed by atoms with van der Waals surface area (Å²) in [5, 5.41) is 10.7. The Bertz CT molecular complexity index is 858. The minimum atomic E-state index is -0.539. The van der Waals surface area contributed by atoms with Gasteiger partial charge in [-0.05, 0) is 41.3 Å². The maximum absolute atomic E-state index is 11.4. The smallest absolute Gasteiger partial charge is 0.274 e. The molecule has 112 valence electrons. The molecule has 0 saturated carbocycles. The third-order valence-electron chi connectivity index (χ3n) is 3.42. The van der Waals surface area contributed by atoms with Crippen LogP contribution in [0.15, 0.2) is 42.5 Å². The van der Waals surface area contributed by atoms with Crippen LogP contribution in [0.25, 0.3) is 10.9 Å². The van der Waals surface area contributed by atoms with Crippen molar-refractivity contribution in [3.8, 4) is 0 Å². The predicted octanol–water partition coefficient (Wildman–Crippen LogP) is 4.18. The summed E-state index contributed by atoms with van der Waals surface area (Å²) in [6.45, 7) is 0. The van der Waals surface area contributed by atoms with Crippen LogP contribution in [0.4, 0.5) is 0 Å². The number of hydrogen-bond donors (Lipinski definition) is 3. The number of hydroxylamine groups is 1. The van der Waals surface area contributed by atoms with Gasteiger partial charge in [-0.25, -0.2) is 5.48 Å². The zero-order valence-electron chi connectivity index (χ0n) is 11.4. The van der Waals surface area contributed by atoms with E-state index in [2.05, 4.69) is 4.98 Å². The molecule has 22 heavy (non-hydrogen) atoms. The molecule has 0 fully saturated rings. The first-order chi connectivity index (χ1) is 10.6. The fourth-order valence-corrected chi connectivity index (χ4v) is 2.68. The quantitative estimate of drug-likeness (QED) is 0.496. The fraction of sp³-hybridized carbons (Fsp3) is 0.0625. The maximum Gasteiger partial charge on any atom is 0.274 e. The summed E-state index contributed by atoms with van der Waals surface area (Å²) in [6.07, 6.45) is 0.674. The number of halogens is 2. The first kappa shape index (κ1) is 14.9. The number of fused-ring (bicyclic) bond motifs is 1. The summed E-state index contributed by atoms with van der Waals surface area (Å²) in [4.78, 5) is 14.7. The lowest BCUT2D eigenvalue weighted by molar-refractivity contribution is 0.0706. The second-order valence-corrected chi connectivity index (χ2v) is 5.78. The van der Waals surface area contributed by atoms with Gasteiger partial charge in [0.05, 0.1) is 10.0 Å². The van der Waals surface area contributed by atoms with Crippen molar-refractivity contribution < 1.29 is 10.0 Å². The number of hydrogen-bond acceptors (Lipinski definition) is 2. The average molecular weight is 335 g/mol. The largest absolute Gasteiger partial charge is 0.358 e. The van der Waals surface area contributed by atoms with Gasteiger partial charge in [0, 0.05) is 23.2 Å². The van der Waals surface area contributed by atoms with Crippen molar-refractivity contribution in [3.05, 3.63) is 69.3 Å². The minimum absolute atomic E-state index is 0.387. The van der Waals surface area contributed by atoms with E-state index in [1.54, 1.807) is 23.7 Å². The number of carbonyl (C=O) groups is 1. The van der Waals surface area contributed by atoms with Gasteiger partial charge in [-0.3, -0.25) is 10.0 Å². The summed E-state index contributed by atoms with van der Waals surface area (Å²) in [6, 6.07) is 12.7. The number of rotatable bonds is 3. The molecule has 3 N–H and O–H groups in total. The Labute approximate surface area is 136 Å². The van der Waals surface area contributed by atoms with E-state index in [-0.39, 0.29) is 0 Å². The normalized spacial score (nSPS) is 10.9. The molecule has 6 heteroatoms. The summed E-state index contributed by atoms with van der Waals surface area (Å²) >= 11 is 11.9. The van der Waals surface area contributed by atoms with Crippen molar-refractivity contribution in [2.24, 2.45) is 0 Å². The molecule has 3 rings (SSSR count). The standard InChI is InChI=1S/C16H12Cl2N2O2/c17-13-4-1-9(6-14(13)18)5-12-7-10-2-3-11(16(21)20-22)8-15(10)19-12/h1-4,6-8,19,22H,5H2,(H,20,21). The van der Waals surface area contributed by atoms with Crippen molar-refractivity contribution >= 4 is 40.0 Å². The molecule has 0 aliphatic carbocycles. The summed E-state index contributed by atoms with van der Waals surface area (Å²) in [7, 11) is 0. The van der Waals surface area contributed by atoms with E-state index in [0.29, 0.717) is 22.0 Å². The highest BCUT2D eigenvalue weighted by molar-refractivity contribution is 6.42. The maximum atomic E-state index is 11.4. The van der Waals surface area contributed by atoms with Gasteiger partial charge in [-0.1, -0.05) is 35.3 Å². The van der Waals surface area contributed by atoms with E-state index < -0.39 is 5.91 Å². The molecule has 2 aromatic carbocycles. The van der Waals surface area contributed by atoms with Crippen LogP contribution in [0.5, 0.6) is 0 Å². The highest BCUT2D eigenvalue weighted by Gasteiger charge is 2.08. The molecule has 1 amide bonds. The van der Waals surface area contributed by atoms with E-state index in [1.807, 2.05) is 24.3 Å². The molecule has 0 aliphatic rings. The van der Waals surface area contributed by atoms with E-state index >= 15 is 0 Å². The molecule has 1 heterocycles. The minimum Gasteiger partial charge on any atom is -0.358 e. The van der Waals surface area contributed by atoms with Crippen LogP contribution in [0, 0.1) is 0 Å². The Hall–Kier alpha value is -2.01. The number of aromatic amines is 1. The zero-order valence-corrected chi connectivity index (χ0v) is 12.9. The number of carbonyl (C=O) groups excluding carboxylic acids is 1. The van der Waals surface area contributed by atoms with Gasteiger partial charge < -0.3 is 4.98 Å². The second-order valence-electron chi connectivity index (χ2n) is 4.96. The van der Waals surface area contributed by atoms with E-state index in [4.69, 9.17) is 28.4 Å². The Morgan fingerprint density at radius 1 is 1.09 bits per heavy atom. The molecule has 4 nitrogen and oxygen atoms in total. The first-order valence-corrected chi connectivity index (χ1v) is 7.32. The molecule has 0 atom stereocenters. The van der Waals surface area contributed by atoms with Crippen molar-refractivity contribution in [2.45, 2.75) is 6.42 Å². The third-order valence-corrected chi connectivity index (χ3v) is 4.16. The number of amides is 1. The van der Waals surface area contributed by atoms with Crippen LogP contribution in [-0.2, 0) is 6.42 Å². The Morgan fingerprint density at radius 2 is 1.91 bits per heavy atom. The summed E-state index contributed by atoms with van der Waals surface area (Å²) < 4.78 is 0. The van der Waals surface area contributed by atoms with Gasteiger partial charge in [-0.15, -0.1) is 0 Å². The van der Waals surface area contributed by atoms with Crippen LogP contribution >= 0.6 is 23.2 Å². The predicted molar refractivity (Wildman–Crippen MR) is 86.8 cm³/mol. The van der Waals surface area contributed by atoms with Crippen molar-refractivity contribution in [2.75, 3.05) is 0 Å². The lowest BCUT2D eigenvalue weighted by Gasteiger charge is -2.01. The lowest BCUT2D eigenvalue weighted by Crippen LogP contribution is -2.18. The number of benzene rings is 2.